The van der Waals surface area contributed by atoms with Crippen molar-refractivity contribution >= 4 is 24.0 Å². The second-order valence-corrected chi connectivity index (χ2v) is 6.39. The maximum Gasteiger partial charge on any atom is 0.229 e. The molecule has 140 valence electrons. The highest BCUT2D eigenvalue weighted by molar-refractivity contribution is 5.91. The second-order valence-electron chi connectivity index (χ2n) is 6.39. The molecule has 7 nitrogen and oxygen atoms in total. The van der Waals surface area contributed by atoms with Crippen molar-refractivity contribution in [2.75, 3.05) is 18.4 Å². The lowest BCUT2D eigenvalue weighted by atomic mass is 9.96. The zero-order valence-electron chi connectivity index (χ0n) is 14.8. The Morgan fingerprint density at radius 2 is 1.89 bits per heavy atom. The third-order valence-electron chi connectivity index (χ3n) is 4.66. The molecule has 0 unspecified atom stereocenters. The summed E-state index contributed by atoms with van der Waals surface area (Å²) >= 11 is 0. The van der Waals surface area contributed by atoms with E-state index >= 15 is 0 Å². The summed E-state index contributed by atoms with van der Waals surface area (Å²) in [5.74, 6) is -0.890. The fraction of sp³-hybridized carbons (Fsp3) is 0.316. The van der Waals surface area contributed by atoms with Gasteiger partial charge in [-0.25, -0.2) is 14.4 Å². The molecule has 1 fully saturated rings. The number of aldehydes is 1. The van der Waals surface area contributed by atoms with Crippen LogP contribution < -0.4 is 5.32 Å². The Labute approximate surface area is 155 Å². The standard InChI is InChI=1S/C19H19FN4O3/c1-12(26)24-7-5-13(6-8-24)18(27)23-19-21-9-15(10-22-19)16-4-2-3-14(11-25)17(16)20/h2-4,9-11,13H,5-8H2,1H3,(H,21,22,23,27). The molecule has 8 heteroatoms. The van der Waals surface area contributed by atoms with Crippen molar-refractivity contribution in [2.45, 2.75) is 19.8 Å². The first-order valence-corrected chi connectivity index (χ1v) is 8.62. The van der Waals surface area contributed by atoms with Crippen molar-refractivity contribution in [1.29, 1.82) is 0 Å². The van der Waals surface area contributed by atoms with Gasteiger partial charge in [-0.1, -0.05) is 12.1 Å². The molecule has 1 N–H and O–H groups in total. The van der Waals surface area contributed by atoms with Crippen molar-refractivity contribution in [1.82, 2.24) is 14.9 Å². The monoisotopic (exact) mass is 370 g/mol. The van der Waals surface area contributed by atoms with Crippen molar-refractivity contribution in [3.63, 3.8) is 0 Å². The fourth-order valence-corrected chi connectivity index (χ4v) is 3.06. The summed E-state index contributed by atoms with van der Waals surface area (Å²) in [5.41, 5.74) is 0.583. The predicted molar refractivity (Wildman–Crippen MR) is 96.4 cm³/mol. The summed E-state index contributed by atoms with van der Waals surface area (Å²) in [4.78, 5) is 44.4. The van der Waals surface area contributed by atoms with Gasteiger partial charge in [0.1, 0.15) is 5.82 Å². The minimum absolute atomic E-state index is 0.0126. The number of piperidine rings is 1. The first kappa shape index (κ1) is 18.6. The van der Waals surface area contributed by atoms with E-state index in [9.17, 15) is 18.8 Å². The van der Waals surface area contributed by atoms with Gasteiger partial charge in [0.05, 0.1) is 5.56 Å². The second kappa shape index (κ2) is 8.03. The Kier molecular flexibility index (Phi) is 5.54. The Balaban J connectivity index is 1.65. The van der Waals surface area contributed by atoms with Crippen LogP contribution in [0.3, 0.4) is 0 Å². The molecule has 0 aliphatic carbocycles. The van der Waals surface area contributed by atoms with E-state index in [0.717, 1.165) is 0 Å². The molecule has 0 bridgehead atoms. The van der Waals surface area contributed by atoms with Crippen LogP contribution in [0.2, 0.25) is 0 Å². The minimum Gasteiger partial charge on any atom is -0.343 e. The Hall–Kier alpha value is -3.16. The average Bonchev–Trinajstić information content (AvgIpc) is 2.69. The first-order chi connectivity index (χ1) is 13.0. The lowest BCUT2D eigenvalue weighted by Crippen LogP contribution is -2.40. The van der Waals surface area contributed by atoms with Crippen LogP contribution in [0.4, 0.5) is 10.3 Å². The molecule has 1 aliphatic heterocycles. The van der Waals surface area contributed by atoms with Crippen LogP contribution in [-0.4, -0.2) is 46.1 Å². The number of hydrogen-bond donors (Lipinski definition) is 1. The van der Waals surface area contributed by atoms with E-state index in [0.29, 0.717) is 37.8 Å². The van der Waals surface area contributed by atoms with E-state index in [2.05, 4.69) is 15.3 Å². The average molecular weight is 370 g/mol. The molecule has 1 aromatic heterocycles. The number of hydrogen-bond acceptors (Lipinski definition) is 5. The predicted octanol–water partition coefficient (Wildman–Crippen LogP) is 2.29. The van der Waals surface area contributed by atoms with E-state index in [-0.39, 0.29) is 34.8 Å². The van der Waals surface area contributed by atoms with Crippen molar-refractivity contribution in [3.05, 3.63) is 42.0 Å². The van der Waals surface area contributed by atoms with E-state index in [4.69, 9.17) is 0 Å². The summed E-state index contributed by atoms with van der Waals surface area (Å²) in [5, 5.41) is 2.66. The number of benzene rings is 1. The summed E-state index contributed by atoms with van der Waals surface area (Å²) in [6, 6.07) is 4.49. The molecule has 0 spiro atoms. The molecular weight excluding hydrogens is 351 g/mol. The zero-order valence-corrected chi connectivity index (χ0v) is 14.8. The van der Waals surface area contributed by atoms with Crippen LogP contribution in [0.5, 0.6) is 0 Å². The minimum atomic E-state index is -0.634. The number of carbonyl (C=O) groups is 3. The molecule has 27 heavy (non-hydrogen) atoms. The highest BCUT2D eigenvalue weighted by Crippen LogP contribution is 2.24. The first-order valence-electron chi connectivity index (χ1n) is 8.62. The van der Waals surface area contributed by atoms with Gasteiger partial charge in [0, 0.05) is 49.5 Å². The third-order valence-corrected chi connectivity index (χ3v) is 4.66. The smallest absolute Gasteiger partial charge is 0.229 e. The number of anilines is 1. The maximum atomic E-state index is 14.2. The largest absolute Gasteiger partial charge is 0.343 e. The lowest BCUT2D eigenvalue weighted by Gasteiger charge is -2.30. The molecule has 1 saturated heterocycles. The molecule has 2 aromatic rings. The summed E-state index contributed by atoms with van der Waals surface area (Å²) in [6.07, 6.45) is 4.42. The Morgan fingerprint density at radius 3 is 2.48 bits per heavy atom. The number of likely N-dealkylation sites (tertiary alicyclic amines) is 1. The molecule has 1 aliphatic rings. The van der Waals surface area contributed by atoms with Crippen molar-refractivity contribution < 1.29 is 18.8 Å². The zero-order chi connectivity index (χ0) is 19.4. The van der Waals surface area contributed by atoms with Crippen LogP contribution in [0, 0.1) is 11.7 Å². The summed E-state index contributed by atoms with van der Waals surface area (Å²) in [6.45, 7) is 2.63. The molecule has 0 saturated carbocycles. The van der Waals surface area contributed by atoms with Gasteiger partial charge in [0.15, 0.2) is 6.29 Å². The van der Waals surface area contributed by atoms with Gasteiger partial charge in [-0.05, 0) is 18.9 Å². The van der Waals surface area contributed by atoms with Crippen LogP contribution >= 0.6 is 0 Å². The Morgan fingerprint density at radius 1 is 1.22 bits per heavy atom. The Bertz CT molecular complexity index is 862. The van der Waals surface area contributed by atoms with Gasteiger partial charge >= 0.3 is 0 Å². The van der Waals surface area contributed by atoms with Gasteiger partial charge in [0.25, 0.3) is 0 Å². The van der Waals surface area contributed by atoms with Crippen molar-refractivity contribution in [2.24, 2.45) is 5.92 Å². The number of carbonyl (C=O) groups excluding carboxylic acids is 3. The third kappa shape index (κ3) is 4.16. The molecule has 3 rings (SSSR count). The normalized spacial score (nSPS) is 14.7. The van der Waals surface area contributed by atoms with E-state index in [1.165, 1.54) is 31.5 Å². The topological polar surface area (TPSA) is 92.3 Å². The maximum absolute atomic E-state index is 14.2. The van der Waals surface area contributed by atoms with Gasteiger partial charge in [0.2, 0.25) is 17.8 Å². The van der Waals surface area contributed by atoms with Gasteiger partial charge in [-0.15, -0.1) is 0 Å². The number of nitrogens with one attached hydrogen (secondary N) is 1. The van der Waals surface area contributed by atoms with Crippen LogP contribution in [-0.2, 0) is 9.59 Å². The van der Waals surface area contributed by atoms with E-state index in [1.54, 1.807) is 11.0 Å². The fourth-order valence-electron chi connectivity index (χ4n) is 3.06. The van der Waals surface area contributed by atoms with Crippen molar-refractivity contribution in [3.8, 4) is 11.1 Å². The molecule has 0 radical (unpaired) electrons. The quantitative estimate of drug-likeness (QED) is 0.834. The SMILES string of the molecule is CC(=O)N1CCC(C(=O)Nc2ncc(-c3cccc(C=O)c3F)cn2)CC1. The van der Waals surface area contributed by atoms with Crippen LogP contribution in [0.15, 0.2) is 30.6 Å². The summed E-state index contributed by atoms with van der Waals surface area (Å²) < 4.78 is 14.2. The molecule has 1 aromatic carbocycles. The van der Waals surface area contributed by atoms with Gasteiger partial charge in [-0.3, -0.25) is 19.7 Å². The number of halogens is 1. The van der Waals surface area contributed by atoms with Gasteiger partial charge < -0.3 is 4.90 Å². The van der Waals surface area contributed by atoms with Gasteiger partial charge in [-0.2, -0.15) is 0 Å². The van der Waals surface area contributed by atoms with E-state index < -0.39 is 5.82 Å². The molecule has 2 heterocycles. The molecular formula is C19H19FN4O3. The summed E-state index contributed by atoms with van der Waals surface area (Å²) in [7, 11) is 0. The van der Waals surface area contributed by atoms with E-state index in [1.807, 2.05) is 0 Å². The highest BCUT2D eigenvalue weighted by atomic mass is 19.1. The number of rotatable bonds is 4. The number of nitrogens with zero attached hydrogens (tertiary/aromatic N) is 3. The van der Waals surface area contributed by atoms with Crippen LogP contribution in [0.1, 0.15) is 30.1 Å². The lowest BCUT2D eigenvalue weighted by molar-refractivity contribution is -0.132. The molecule has 2 amide bonds. The van der Waals surface area contributed by atoms with Crippen LogP contribution in [0.25, 0.3) is 11.1 Å². The highest BCUT2D eigenvalue weighted by Gasteiger charge is 2.26. The number of aromatic nitrogens is 2. The molecule has 0 atom stereocenters. The number of amides is 2.